The van der Waals surface area contributed by atoms with E-state index in [0.29, 0.717) is 18.7 Å². The average molecular weight is 269 g/mol. The van der Waals surface area contributed by atoms with Crippen LogP contribution in [-0.4, -0.2) is 37.9 Å². The number of anilines is 1. The van der Waals surface area contributed by atoms with Crippen molar-refractivity contribution in [3.8, 4) is 0 Å². The molecule has 1 aliphatic rings. The monoisotopic (exact) mass is 269 g/mol. The van der Waals surface area contributed by atoms with Crippen molar-refractivity contribution in [2.75, 3.05) is 29.5 Å². The fourth-order valence-corrected chi connectivity index (χ4v) is 3.15. The van der Waals surface area contributed by atoms with E-state index in [1.807, 2.05) is 4.90 Å². The van der Waals surface area contributed by atoms with E-state index in [1.165, 1.54) is 12.1 Å². The van der Waals surface area contributed by atoms with Gasteiger partial charge in [0.05, 0.1) is 16.4 Å². The summed E-state index contributed by atoms with van der Waals surface area (Å²) in [5, 5.41) is 10.6. The van der Waals surface area contributed by atoms with Gasteiger partial charge >= 0.3 is 0 Å². The second-order valence-corrected chi connectivity index (χ2v) is 6.51. The minimum absolute atomic E-state index is 0.00613. The maximum atomic E-state index is 11.3. The molecular weight excluding hydrogens is 256 g/mol. The van der Waals surface area contributed by atoms with Gasteiger partial charge in [0.25, 0.3) is 5.69 Å². The van der Waals surface area contributed by atoms with Gasteiger partial charge in [-0.05, 0) is 18.6 Å². The molecule has 97 valence electrons. The number of nitrogens with zero attached hydrogens (tertiary/aromatic N) is 2. The van der Waals surface area contributed by atoms with Crippen molar-refractivity contribution in [1.82, 2.24) is 0 Å². The molecule has 0 spiro atoms. The minimum atomic E-state index is -2.93. The molecule has 7 heteroatoms. The maximum absolute atomic E-state index is 11.3. The normalized spacial score (nSPS) is 18.6. The lowest BCUT2D eigenvalue weighted by atomic mass is 10.1. The summed E-state index contributed by atoms with van der Waals surface area (Å²) < 4.78 is 22.6. The van der Waals surface area contributed by atoms with Crippen LogP contribution in [0.1, 0.15) is 5.56 Å². The fourth-order valence-electron chi connectivity index (χ4n) is 1.95. The van der Waals surface area contributed by atoms with Crippen molar-refractivity contribution >= 4 is 21.2 Å². The first-order valence-corrected chi connectivity index (χ1v) is 7.27. The van der Waals surface area contributed by atoms with Crippen LogP contribution >= 0.6 is 0 Å². The van der Waals surface area contributed by atoms with Crippen LogP contribution in [0.2, 0.25) is 0 Å². The molecule has 6 nitrogen and oxygen atoms in total. The van der Waals surface area contributed by atoms with Gasteiger partial charge in [0.1, 0.15) is 0 Å². The van der Waals surface area contributed by atoms with Crippen LogP contribution in [0, 0.1) is 17.0 Å². The Hall–Kier alpha value is -1.63. The molecule has 0 unspecified atom stereocenters. The second-order valence-electron chi connectivity index (χ2n) is 4.21. The summed E-state index contributed by atoms with van der Waals surface area (Å²) in [5.74, 6) is 0.229. The Bertz CT molecular complexity index is 569. The number of non-ortho nitro benzene ring substituents is 1. The van der Waals surface area contributed by atoms with E-state index in [2.05, 4.69) is 6.92 Å². The predicted molar refractivity (Wildman–Crippen MR) is 68.4 cm³/mol. The van der Waals surface area contributed by atoms with Crippen LogP contribution in [-0.2, 0) is 9.84 Å². The molecule has 1 radical (unpaired) electrons. The van der Waals surface area contributed by atoms with Crippen molar-refractivity contribution in [1.29, 1.82) is 0 Å². The maximum Gasteiger partial charge on any atom is 0.269 e. The number of sulfone groups is 1. The number of hydrogen-bond donors (Lipinski definition) is 0. The van der Waals surface area contributed by atoms with Gasteiger partial charge in [0.15, 0.2) is 9.84 Å². The lowest BCUT2D eigenvalue weighted by molar-refractivity contribution is -0.384. The molecule has 18 heavy (non-hydrogen) atoms. The summed E-state index contributed by atoms with van der Waals surface area (Å²) >= 11 is 0. The van der Waals surface area contributed by atoms with E-state index >= 15 is 0 Å². The number of benzene rings is 1. The highest BCUT2D eigenvalue weighted by Crippen LogP contribution is 2.25. The Morgan fingerprint density at radius 2 is 1.89 bits per heavy atom. The zero-order valence-corrected chi connectivity index (χ0v) is 10.5. The molecule has 0 atom stereocenters. The van der Waals surface area contributed by atoms with Crippen molar-refractivity contribution in [2.24, 2.45) is 0 Å². The molecule has 1 aliphatic heterocycles. The third-order valence-electron chi connectivity index (χ3n) is 2.96. The zero-order chi connectivity index (χ0) is 13.3. The van der Waals surface area contributed by atoms with Crippen LogP contribution < -0.4 is 4.90 Å². The molecule has 1 heterocycles. The van der Waals surface area contributed by atoms with Gasteiger partial charge in [-0.2, -0.15) is 0 Å². The van der Waals surface area contributed by atoms with E-state index in [-0.39, 0.29) is 17.2 Å². The summed E-state index contributed by atoms with van der Waals surface area (Å²) in [6, 6.07) is 4.43. The SMILES string of the molecule is [CH2]c1cc([N+](=O)[O-])ccc1N1CCS(=O)(=O)CC1. The summed E-state index contributed by atoms with van der Waals surface area (Å²) in [4.78, 5) is 12.0. The molecule has 2 rings (SSSR count). The number of rotatable bonds is 2. The van der Waals surface area contributed by atoms with E-state index in [1.54, 1.807) is 6.07 Å². The second kappa shape index (κ2) is 4.56. The summed E-state index contributed by atoms with van der Waals surface area (Å²) in [6.45, 7) is 4.59. The number of nitro benzene ring substituents is 1. The topological polar surface area (TPSA) is 80.5 Å². The first-order chi connectivity index (χ1) is 8.39. The van der Waals surface area contributed by atoms with Gasteiger partial charge < -0.3 is 4.90 Å². The molecule has 0 bridgehead atoms. The number of nitro groups is 1. The standard InChI is InChI=1S/C11H13N2O4S/c1-9-8-10(13(14)15)2-3-11(9)12-4-6-18(16,17)7-5-12/h2-3,8H,1,4-7H2. The summed E-state index contributed by atoms with van der Waals surface area (Å²) in [7, 11) is -2.93. The van der Waals surface area contributed by atoms with Gasteiger partial charge in [0, 0.05) is 30.9 Å². The van der Waals surface area contributed by atoms with Crippen LogP contribution in [0.4, 0.5) is 11.4 Å². The van der Waals surface area contributed by atoms with Crippen molar-refractivity contribution in [2.45, 2.75) is 0 Å². The van der Waals surface area contributed by atoms with Crippen LogP contribution in [0.5, 0.6) is 0 Å². The molecular formula is C11H13N2O4S. The lowest BCUT2D eigenvalue weighted by Gasteiger charge is -2.29. The highest BCUT2D eigenvalue weighted by atomic mass is 32.2. The molecule has 0 aromatic heterocycles. The predicted octanol–water partition coefficient (Wildman–Crippen LogP) is 1.01. The van der Waals surface area contributed by atoms with Gasteiger partial charge in [0.2, 0.25) is 0 Å². The first-order valence-electron chi connectivity index (χ1n) is 5.45. The third-order valence-corrected chi connectivity index (χ3v) is 4.57. The van der Waals surface area contributed by atoms with Crippen molar-refractivity contribution in [3.63, 3.8) is 0 Å². The molecule has 1 aromatic carbocycles. The Morgan fingerprint density at radius 1 is 1.28 bits per heavy atom. The van der Waals surface area contributed by atoms with Gasteiger partial charge in [-0.1, -0.05) is 0 Å². The van der Waals surface area contributed by atoms with E-state index < -0.39 is 14.8 Å². The minimum Gasteiger partial charge on any atom is -0.369 e. The van der Waals surface area contributed by atoms with Gasteiger partial charge in [-0.25, -0.2) is 8.42 Å². The van der Waals surface area contributed by atoms with Crippen LogP contribution in [0.15, 0.2) is 18.2 Å². The van der Waals surface area contributed by atoms with Gasteiger partial charge in [-0.3, -0.25) is 10.1 Å². The van der Waals surface area contributed by atoms with E-state index in [0.717, 1.165) is 5.69 Å². The molecule has 0 amide bonds. The molecule has 0 saturated carbocycles. The molecule has 1 aromatic rings. The van der Waals surface area contributed by atoms with Crippen LogP contribution in [0.25, 0.3) is 0 Å². The summed E-state index contributed by atoms with van der Waals surface area (Å²) in [6.07, 6.45) is 0. The highest BCUT2D eigenvalue weighted by Gasteiger charge is 2.23. The Labute approximate surface area is 105 Å². The molecule has 1 fully saturated rings. The fraction of sp³-hybridized carbons (Fsp3) is 0.364. The Balaban J connectivity index is 2.22. The Morgan fingerprint density at radius 3 is 2.39 bits per heavy atom. The van der Waals surface area contributed by atoms with Gasteiger partial charge in [-0.15, -0.1) is 0 Å². The quantitative estimate of drug-likeness (QED) is 0.591. The summed E-state index contributed by atoms with van der Waals surface area (Å²) in [5.41, 5.74) is 1.30. The molecule has 0 aliphatic carbocycles. The lowest BCUT2D eigenvalue weighted by Crippen LogP contribution is -2.40. The number of hydrogen-bond acceptors (Lipinski definition) is 5. The zero-order valence-electron chi connectivity index (χ0n) is 9.70. The van der Waals surface area contributed by atoms with Crippen LogP contribution in [0.3, 0.4) is 0 Å². The molecule has 1 saturated heterocycles. The highest BCUT2D eigenvalue weighted by molar-refractivity contribution is 7.91. The third kappa shape index (κ3) is 2.61. The average Bonchev–Trinajstić information content (AvgIpc) is 2.29. The molecule has 0 N–H and O–H groups in total. The van der Waals surface area contributed by atoms with Crippen molar-refractivity contribution < 1.29 is 13.3 Å². The van der Waals surface area contributed by atoms with Crippen molar-refractivity contribution in [3.05, 3.63) is 40.8 Å². The van der Waals surface area contributed by atoms with E-state index in [9.17, 15) is 18.5 Å². The smallest absolute Gasteiger partial charge is 0.269 e. The Kier molecular flexibility index (Phi) is 3.25. The largest absolute Gasteiger partial charge is 0.369 e. The van der Waals surface area contributed by atoms with E-state index in [4.69, 9.17) is 0 Å². The first kappa shape index (κ1) is 12.8.